The number of guanidine groups is 1. The summed E-state index contributed by atoms with van der Waals surface area (Å²) < 4.78 is 7.41. The van der Waals surface area contributed by atoms with E-state index in [1.54, 1.807) is 13.4 Å². The zero-order valence-corrected chi connectivity index (χ0v) is 20.0. The molecule has 0 saturated heterocycles. The van der Waals surface area contributed by atoms with Crippen LogP contribution in [0, 0.1) is 6.92 Å². The summed E-state index contributed by atoms with van der Waals surface area (Å²) in [4.78, 5) is 4.67. The number of aliphatic imine (C=N–C) groups is 1. The topological polar surface area (TPSA) is 76.4 Å². The van der Waals surface area contributed by atoms with Gasteiger partial charge in [0, 0.05) is 18.8 Å². The van der Waals surface area contributed by atoms with Crippen LogP contribution >= 0.6 is 24.0 Å². The van der Waals surface area contributed by atoms with E-state index >= 15 is 0 Å². The lowest BCUT2D eigenvalue weighted by atomic mass is 10.1. The Labute approximate surface area is 195 Å². The minimum atomic E-state index is 0. The molecular formula is C22H29IN6O. The van der Waals surface area contributed by atoms with Crippen LogP contribution in [-0.4, -0.2) is 40.9 Å². The van der Waals surface area contributed by atoms with Crippen molar-refractivity contribution < 1.29 is 4.74 Å². The second-order valence-corrected chi connectivity index (χ2v) is 6.64. The predicted octanol–water partition coefficient (Wildman–Crippen LogP) is 3.50. The van der Waals surface area contributed by atoms with Gasteiger partial charge in [0.15, 0.2) is 11.8 Å². The quantitative estimate of drug-likeness (QED) is 0.270. The van der Waals surface area contributed by atoms with Gasteiger partial charge in [0.25, 0.3) is 0 Å². The van der Waals surface area contributed by atoms with Crippen LogP contribution in [-0.2, 0) is 13.0 Å². The number of nitrogens with zero attached hydrogens (tertiary/aromatic N) is 4. The molecule has 8 heteroatoms. The van der Waals surface area contributed by atoms with Crippen LogP contribution in [0.1, 0.15) is 23.9 Å². The largest absolute Gasteiger partial charge is 0.496 e. The molecule has 0 spiro atoms. The first-order valence-corrected chi connectivity index (χ1v) is 9.81. The van der Waals surface area contributed by atoms with Gasteiger partial charge in [-0.05, 0) is 44.0 Å². The van der Waals surface area contributed by atoms with Gasteiger partial charge >= 0.3 is 0 Å². The number of hydrogen-bond acceptors (Lipinski definition) is 4. The zero-order chi connectivity index (χ0) is 20.5. The highest BCUT2D eigenvalue weighted by Gasteiger charge is 2.07. The monoisotopic (exact) mass is 520 g/mol. The van der Waals surface area contributed by atoms with Gasteiger partial charge in [-0.2, -0.15) is 0 Å². The van der Waals surface area contributed by atoms with Gasteiger partial charge in [-0.3, -0.25) is 4.57 Å². The number of hydrogen-bond donors (Lipinski definition) is 2. The van der Waals surface area contributed by atoms with Crippen LogP contribution in [0.15, 0.2) is 59.9 Å². The molecule has 3 rings (SSSR count). The lowest BCUT2D eigenvalue weighted by molar-refractivity contribution is 0.409. The SMILES string of the molecule is CCNC(=NCc1nncn1-c1ccccc1)NCCc1cc(C)ccc1OC.I. The molecule has 7 nitrogen and oxygen atoms in total. The van der Waals surface area contributed by atoms with Crippen LogP contribution < -0.4 is 15.4 Å². The average Bonchev–Trinajstić information content (AvgIpc) is 3.21. The van der Waals surface area contributed by atoms with Crippen molar-refractivity contribution in [2.75, 3.05) is 20.2 Å². The molecule has 0 aliphatic carbocycles. The van der Waals surface area contributed by atoms with Crippen molar-refractivity contribution in [3.05, 3.63) is 71.8 Å². The first-order valence-electron chi connectivity index (χ1n) is 9.81. The van der Waals surface area contributed by atoms with E-state index < -0.39 is 0 Å². The van der Waals surface area contributed by atoms with E-state index in [1.165, 1.54) is 11.1 Å². The molecule has 160 valence electrons. The fourth-order valence-corrected chi connectivity index (χ4v) is 3.08. The van der Waals surface area contributed by atoms with Gasteiger partial charge < -0.3 is 15.4 Å². The van der Waals surface area contributed by atoms with Crippen molar-refractivity contribution >= 4 is 29.9 Å². The Balaban J connectivity index is 0.00000320. The second-order valence-electron chi connectivity index (χ2n) is 6.64. The third-order valence-electron chi connectivity index (χ3n) is 4.50. The Hall–Kier alpha value is -2.62. The highest BCUT2D eigenvalue weighted by Crippen LogP contribution is 2.19. The molecule has 2 aromatic carbocycles. The molecule has 0 aliphatic heterocycles. The van der Waals surface area contributed by atoms with Crippen molar-refractivity contribution in [1.29, 1.82) is 0 Å². The Morgan fingerprint density at radius 1 is 1.13 bits per heavy atom. The van der Waals surface area contributed by atoms with Gasteiger partial charge in [0.2, 0.25) is 0 Å². The van der Waals surface area contributed by atoms with Crippen LogP contribution in [0.4, 0.5) is 0 Å². The van der Waals surface area contributed by atoms with Crippen molar-refractivity contribution in [3.63, 3.8) is 0 Å². The van der Waals surface area contributed by atoms with Crippen LogP contribution in [0.5, 0.6) is 5.75 Å². The van der Waals surface area contributed by atoms with E-state index in [1.807, 2.05) is 47.9 Å². The number of aryl methyl sites for hydroxylation is 1. The minimum absolute atomic E-state index is 0. The van der Waals surface area contributed by atoms with Gasteiger partial charge in [0.05, 0.1) is 7.11 Å². The molecule has 0 atom stereocenters. The lowest BCUT2D eigenvalue weighted by Gasteiger charge is -2.13. The number of ether oxygens (including phenoxy) is 1. The number of rotatable bonds is 8. The molecule has 1 heterocycles. The number of aromatic nitrogens is 3. The normalized spacial score (nSPS) is 11.0. The van der Waals surface area contributed by atoms with Crippen LogP contribution in [0.25, 0.3) is 5.69 Å². The summed E-state index contributed by atoms with van der Waals surface area (Å²) in [5.41, 5.74) is 3.42. The van der Waals surface area contributed by atoms with Crippen molar-refractivity contribution in [2.45, 2.75) is 26.8 Å². The number of benzene rings is 2. The van der Waals surface area contributed by atoms with E-state index in [2.05, 4.69) is 44.9 Å². The van der Waals surface area contributed by atoms with Crippen LogP contribution in [0.2, 0.25) is 0 Å². The minimum Gasteiger partial charge on any atom is -0.496 e. The van der Waals surface area contributed by atoms with Crippen LogP contribution in [0.3, 0.4) is 0 Å². The molecule has 0 aliphatic rings. The summed E-state index contributed by atoms with van der Waals surface area (Å²) in [6.45, 7) is 6.10. The summed E-state index contributed by atoms with van der Waals surface area (Å²) in [6.07, 6.45) is 2.56. The Kier molecular flexibility index (Phi) is 9.59. The number of methoxy groups -OCH3 is 1. The summed E-state index contributed by atoms with van der Waals surface area (Å²) in [7, 11) is 1.70. The predicted molar refractivity (Wildman–Crippen MR) is 131 cm³/mol. The number of para-hydroxylation sites is 1. The molecule has 0 unspecified atom stereocenters. The Morgan fingerprint density at radius 2 is 1.93 bits per heavy atom. The summed E-state index contributed by atoms with van der Waals surface area (Å²) in [5.74, 6) is 2.45. The van der Waals surface area contributed by atoms with E-state index in [-0.39, 0.29) is 24.0 Å². The lowest BCUT2D eigenvalue weighted by Crippen LogP contribution is -2.38. The number of nitrogens with one attached hydrogen (secondary N) is 2. The fourth-order valence-electron chi connectivity index (χ4n) is 3.08. The average molecular weight is 520 g/mol. The van der Waals surface area contributed by atoms with E-state index in [4.69, 9.17) is 4.74 Å². The highest BCUT2D eigenvalue weighted by molar-refractivity contribution is 14.0. The standard InChI is InChI=1S/C22H28N6O.HI/c1-4-23-22(24-13-12-18-14-17(2)10-11-20(18)29-3)25-15-21-27-26-16-28(21)19-8-6-5-7-9-19;/h5-11,14,16H,4,12-13,15H2,1-3H3,(H2,23,24,25);1H. The van der Waals surface area contributed by atoms with Gasteiger partial charge in [0.1, 0.15) is 18.6 Å². The van der Waals surface area contributed by atoms with Gasteiger partial charge in [-0.1, -0.05) is 35.9 Å². The first-order chi connectivity index (χ1) is 14.2. The molecule has 0 radical (unpaired) electrons. The maximum atomic E-state index is 5.47. The van der Waals surface area contributed by atoms with Crippen molar-refractivity contribution in [3.8, 4) is 11.4 Å². The van der Waals surface area contributed by atoms with Crippen molar-refractivity contribution in [1.82, 2.24) is 25.4 Å². The molecule has 30 heavy (non-hydrogen) atoms. The third-order valence-corrected chi connectivity index (χ3v) is 4.50. The highest BCUT2D eigenvalue weighted by atomic mass is 127. The molecule has 2 N–H and O–H groups in total. The molecule has 1 aromatic heterocycles. The molecule has 0 amide bonds. The summed E-state index contributed by atoms with van der Waals surface area (Å²) >= 11 is 0. The Morgan fingerprint density at radius 3 is 2.67 bits per heavy atom. The van der Waals surface area contributed by atoms with Gasteiger partial charge in [-0.15, -0.1) is 34.2 Å². The van der Waals surface area contributed by atoms with E-state index in [0.717, 1.165) is 42.7 Å². The molecule has 3 aromatic rings. The maximum absolute atomic E-state index is 5.47. The maximum Gasteiger partial charge on any atom is 0.191 e. The molecule has 0 fully saturated rings. The van der Waals surface area contributed by atoms with E-state index in [0.29, 0.717) is 6.54 Å². The second kappa shape index (κ2) is 12.2. The zero-order valence-electron chi connectivity index (χ0n) is 17.6. The first kappa shape index (κ1) is 23.7. The number of halogens is 1. The summed E-state index contributed by atoms with van der Waals surface area (Å²) in [5, 5.41) is 14.9. The van der Waals surface area contributed by atoms with E-state index in [9.17, 15) is 0 Å². The van der Waals surface area contributed by atoms with Crippen molar-refractivity contribution in [2.24, 2.45) is 4.99 Å². The Bertz CT molecular complexity index is 942. The molecule has 0 bridgehead atoms. The molecule has 0 saturated carbocycles. The van der Waals surface area contributed by atoms with Gasteiger partial charge in [-0.25, -0.2) is 4.99 Å². The summed E-state index contributed by atoms with van der Waals surface area (Å²) in [6, 6.07) is 16.3. The smallest absolute Gasteiger partial charge is 0.191 e. The molecular weight excluding hydrogens is 491 g/mol. The third kappa shape index (κ3) is 6.45. The fraction of sp³-hybridized carbons (Fsp3) is 0.318.